The quantitative estimate of drug-likeness (QED) is 0.440. The van der Waals surface area contributed by atoms with Crippen LogP contribution in [0.25, 0.3) is 0 Å². The van der Waals surface area contributed by atoms with Gasteiger partial charge in [0.15, 0.2) is 0 Å². The molecule has 0 aromatic heterocycles. The predicted octanol–water partition coefficient (Wildman–Crippen LogP) is 1.74. The number of terminal acetylenes is 1. The number of esters is 1. The van der Waals surface area contributed by atoms with Crippen LogP contribution in [0.5, 0.6) is 5.75 Å². The summed E-state index contributed by atoms with van der Waals surface area (Å²) in [7, 11) is 1.40. The van der Waals surface area contributed by atoms with Crippen molar-refractivity contribution in [1.29, 1.82) is 0 Å². The number of nitrogens with one attached hydrogen (secondary N) is 1. The van der Waals surface area contributed by atoms with Crippen molar-refractivity contribution in [2.45, 2.75) is 19.4 Å². The largest absolute Gasteiger partial charge is 0.481 e. The first-order chi connectivity index (χ1) is 9.27. The molecule has 0 aliphatic heterocycles. The number of carbonyl (C=O) groups is 1. The fourth-order valence-electron chi connectivity index (χ4n) is 1.59. The molecule has 19 heavy (non-hydrogen) atoms. The molecule has 1 rings (SSSR count). The summed E-state index contributed by atoms with van der Waals surface area (Å²) in [5, 5.41) is 3.26. The van der Waals surface area contributed by atoms with Crippen molar-refractivity contribution in [1.82, 2.24) is 5.32 Å². The molecule has 0 aliphatic carbocycles. The van der Waals surface area contributed by atoms with Gasteiger partial charge in [-0.15, -0.1) is 6.42 Å². The highest BCUT2D eigenvalue weighted by Gasteiger charge is 2.03. The summed E-state index contributed by atoms with van der Waals surface area (Å²) in [5.41, 5.74) is 1.05. The first-order valence-corrected chi connectivity index (χ1v) is 6.19. The van der Waals surface area contributed by atoms with Gasteiger partial charge in [0.05, 0.1) is 7.11 Å². The molecule has 4 heteroatoms. The molecule has 0 unspecified atom stereocenters. The number of benzene rings is 1. The van der Waals surface area contributed by atoms with E-state index in [4.69, 9.17) is 11.2 Å². The van der Waals surface area contributed by atoms with Gasteiger partial charge in [0.25, 0.3) is 0 Å². The lowest BCUT2D eigenvalue weighted by atomic mass is 10.2. The monoisotopic (exact) mass is 261 g/mol. The van der Waals surface area contributed by atoms with Gasteiger partial charge in [0.1, 0.15) is 12.4 Å². The Labute approximate surface area is 114 Å². The van der Waals surface area contributed by atoms with E-state index in [-0.39, 0.29) is 12.6 Å². The Morgan fingerprint density at radius 2 is 2.21 bits per heavy atom. The molecule has 0 heterocycles. The van der Waals surface area contributed by atoms with E-state index in [2.05, 4.69) is 16.0 Å². The van der Waals surface area contributed by atoms with Crippen LogP contribution >= 0.6 is 0 Å². The summed E-state index contributed by atoms with van der Waals surface area (Å²) in [5.74, 6) is 3.06. The second kappa shape index (κ2) is 9.01. The van der Waals surface area contributed by atoms with Crippen LogP contribution in [0.3, 0.4) is 0 Å². The van der Waals surface area contributed by atoms with Gasteiger partial charge in [-0.25, -0.2) is 0 Å². The van der Waals surface area contributed by atoms with Crippen molar-refractivity contribution < 1.29 is 14.3 Å². The highest BCUT2D eigenvalue weighted by Crippen LogP contribution is 2.17. The van der Waals surface area contributed by atoms with Crippen LogP contribution in [0.1, 0.15) is 18.4 Å². The van der Waals surface area contributed by atoms with Gasteiger partial charge in [-0.1, -0.05) is 24.1 Å². The summed E-state index contributed by atoms with van der Waals surface area (Å²) in [6.07, 6.45) is 6.35. The minimum atomic E-state index is -0.181. The molecule has 0 amide bonds. The van der Waals surface area contributed by atoms with E-state index < -0.39 is 0 Å². The topological polar surface area (TPSA) is 47.6 Å². The molecule has 0 saturated heterocycles. The summed E-state index contributed by atoms with van der Waals surface area (Å²) in [6, 6.07) is 7.74. The van der Waals surface area contributed by atoms with Gasteiger partial charge in [0, 0.05) is 18.5 Å². The van der Waals surface area contributed by atoms with E-state index in [9.17, 15) is 4.79 Å². The summed E-state index contributed by atoms with van der Waals surface area (Å²) >= 11 is 0. The van der Waals surface area contributed by atoms with Crippen molar-refractivity contribution in [2.24, 2.45) is 0 Å². The van der Waals surface area contributed by atoms with Crippen LogP contribution in [-0.4, -0.2) is 26.2 Å². The minimum Gasteiger partial charge on any atom is -0.481 e. The zero-order chi connectivity index (χ0) is 13.9. The Bertz CT molecular complexity index is 437. The summed E-state index contributed by atoms with van der Waals surface area (Å²) in [4.78, 5) is 10.9. The molecule has 4 nitrogen and oxygen atoms in total. The van der Waals surface area contributed by atoms with Crippen LogP contribution in [0.15, 0.2) is 24.3 Å². The molecule has 0 fully saturated rings. The number of ether oxygens (including phenoxy) is 2. The Hall–Kier alpha value is -1.99. The lowest BCUT2D eigenvalue weighted by Gasteiger charge is -2.10. The second-order valence-electron chi connectivity index (χ2n) is 3.96. The Morgan fingerprint density at radius 1 is 1.42 bits per heavy atom. The van der Waals surface area contributed by atoms with Gasteiger partial charge in [0.2, 0.25) is 0 Å². The molecular formula is C15H19NO3. The predicted molar refractivity (Wildman–Crippen MR) is 73.7 cm³/mol. The molecular weight excluding hydrogens is 242 g/mol. The highest BCUT2D eigenvalue weighted by atomic mass is 16.5. The minimum absolute atomic E-state index is 0.181. The van der Waals surface area contributed by atoms with Gasteiger partial charge < -0.3 is 14.8 Å². The number of para-hydroxylation sites is 1. The van der Waals surface area contributed by atoms with E-state index in [0.717, 1.165) is 24.3 Å². The van der Waals surface area contributed by atoms with Crippen LogP contribution in [0.4, 0.5) is 0 Å². The van der Waals surface area contributed by atoms with Crippen LogP contribution in [0, 0.1) is 12.3 Å². The van der Waals surface area contributed by atoms with Crippen molar-refractivity contribution in [3.05, 3.63) is 29.8 Å². The average molecular weight is 261 g/mol. The zero-order valence-electron chi connectivity index (χ0n) is 11.1. The number of hydrogen-bond acceptors (Lipinski definition) is 4. The molecule has 1 aromatic rings. The van der Waals surface area contributed by atoms with E-state index >= 15 is 0 Å². The van der Waals surface area contributed by atoms with Gasteiger partial charge in [-0.05, 0) is 19.0 Å². The van der Waals surface area contributed by atoms with Crippen LogP contribution in [-0.2, 0) is 16.1 Å². The lowest BCUT2D eigenvalue weighted by Crippen LogP contribution is -2.16. The Morgan fingerprint density at radius 3 is 2.95 bits per heavy atom. The third-order valence-corrected chi connectivity index (χ3v) is 2.56. The smallest absolute Gasteiger partial charge is 0.305 e. The first-order valence-electron chi connectivity index (χ1n) is 6.19. The molecule has 0 bridgehead atoms. The number of hydrogen-bond donors (Lipinski definition) is 1. The third-order valence-electron chi connectivity index (χ3n) is 2.56. The molecule has 102 valence electrons. The molecule has 0 saturated carbocycles. The average Bonchev–Trinajstić information content (AvgIpc) is 2.45. The Kier molecular flexibility index (Phi) is 7.14. The maximum Gasteiger partial charge on any atom is 0.305 e. The van der Waals surface area contributed by atoms with Gasteiger partial charge in [-0.2, -0.15) is 0 Å². The van der Waals surface area contributed by atoms with Crippen molar-refractivity contribution >= 4 is 5.97 Å². The summed E-state index contributed by atoms with van der Waals surface area (Å²) < 4.78 is 10.0. The summed E-state index contributed by atoms with van der Waals surface area (Å²) in [6.45, 7) is 1.69. The van der Waals surface area contributed by atoms with E-state index in [1.165, 1.54) is 7.11 Å². The lowest BCUT2D eigenvalue weighted by molar-refractivity contribution is -0.140. The van der Waals surface area contributed by atoms with E-state index in [0.29, 0.717) is 13.0 Å². The maximum absolute atomic E-state index is 10.9. The standard InChI is InChI=1S/C15H19NO3/c1-3-11-19-14-8-5-4-7-13(14)12-16-10-6-9-15(17)18-2/h1,4-5,7-8,16H,6,9-12H2,2H3. The van der Waals surface area contributed by atoms with Crippen molar-refractivity contribution in [2.75, 3.05) is 20.3 Å². The van der Waals surface area contributed by atoms with Crippen LogP contribution in [0.2, 0.25) is 0 Å². The zero-order valence-corrected chi connectivity index (χ0v) is 11.1. The number of methoxy groups -OCH3 is 1. The molecule has 1 aromatic carbocycles. The Balaban J connectivity index is 2.32. The van der Waals surface area contributed by atoms with Crippen molar-refractivity contribution in [3.63, 3.8) is 0 Å². The molecule has 0 radical (unpaired) electrons. The normalized spacial score (nSPS) is 9.68. The number of rotatable bonds is 8. The van der Waals surface area contributed by atoms with E-state index in [1.807, 2.05) is 24.3 Å². The van der Waals surface area contributed by atoms with Gasteiger partial charge in [-0.3, -0.25) is 4.79 Å². The highest BCUT2D eigenvalue weighted by molar-refractivity contribution is 5.69. The van der Waals surface area contributed by atoms with Crippen LogP contribution < -0.4 is 10.1 Å². The molecule has 0 atom stereocenters. The first kappa shape index (κ1) is 15.1. The molecule has 0 spiro atoms. The molecule has 1 N–H and O–H groups in total. The number of carbonyl (C=O) groups excluding carboxylic acids is 1. The van der Waals surface area contributed by atoms with E-state index in [1.54, 1.807) is 0 Å². The SMILES string of the molecule is C#CCOc1ccccc1CNCCCC(=O)OC. The van der Waals surface area contributed by atoms with Crippen molar-refractivity contribution in [3.8, 4) is 18.1 Å². The third kappa shape index (κ3) is 5.94. The van der Waals surface area contributed by atoms with Gasteiger partial charge >= 0.3 is 5.97 Å². The maximum atomic E-state index is 10.9. The molecule has 0 aliphatic rings. The fraction of sp³-hybridized carbons (Fsp3) is 0.400. The second-order valence-corrected chi connectivity index (χ2v) is 3.96. The fourth-order valence-corrected chi connectivity index (χ4v) is 1.59.